The third kappa shape index (κ3) is 2.67. The van der Waals surface area contributed by atoms with Gasteiger partial charge in [0.05, 0.1) is 6.20 Å². The molecular formula is C20H15N7O. The number of pyridine rings is 2. The Balaban J connectivity index is 1.70. The van der Waals surface area contributed by atoms with Crippen molar-refractivity contribution in [3.05, 3.63) is 61.3 Å². The molecule has 8 nitrogen and oxygen atoms in total. The molecule has 2 N–H and O–H groups in total. The fourth-order valence-corrected chi connectivity index (χ4v) is 3.25. The zero-order valence-electron chi connectivity index (χ0n) is 14.9. The molecule has 136 valence electrons. The van der Waals surface area contributed by atoms with Gasteiger partial charge in [-0.25, -0.2) is 9.50 Å². The normalized spacial score (nSPS) is 11.2. The highest BCUT2D eigenvalue weighted by molar-refractivity contribution is 6.12. The Bertz CT molecular complexity index is 1360. The molecule has 0 bridgehead atoms. The largest absolute Gasteiger partial charge is 0.340 e. The van der Waals surface area contributed by atoms with Crippen LogP contribution < -0.4 is 10.6 Å². The standard InChI is InChI=1S/C20H15N7O/c1-12(28)23-13-3-2-4-14(9-13)24-20-15-5-6-21-10-16(15)18-19(25-20)17-11-22-7-8-27(17)26-18/h2-11H,1H3,(H,23,28)(H,24,25). The minimum atomic E-state index is -0.118. The van der Waals surface area contributed by atoms with Crippen LogP contribution in [0.2, 0.25) is 0 Å². The summed E-state index contributed by atoms with van der Waals surface area (Å²) in [7, 11) is 0. The predicted octanol–water partition coefficient (Wildman–Crippen LogP) is 3.53. The first kappa shape index (κ1) is 16.1. The fraction of sp³-hybridized carbons (Fsp3) is 0.0500. The van der Waals surface area contributed by atoms with E-state index in [0.717, 1.165) is 33.0 Å². The SMILES string of the molecule is CC(=O)Nc1cccc(Nc2nc3c(nn4ccncc34)c3cnccc23)c1. The second-order valence-electron chi connectivity index (χ2n) is 6.37. The van der Waals surface area contributed by atoms with Gasteiger partial charge < -0.3 is 10.6 Å². The zero-order valence-corrected chi connectivity index (χ0v) is 14.9. The number of anilines is 3. The smallest absolute Gasteiger partial charge is 0.221 e. The van der Waals surface area contributed by atoms with Crippen LogP contribution in [0.3, 0.4) is 0 Å². The molecule has 0 aliphatic carbocycles. The van der Waals surface area contributed by atoms with E-state index in [1.807, 2.05) is 30.3 Å². The van der Waals surface area contributed by atoms with Crippen LogP contribution in [0.4, 0.5) is 17.2 Å². The van der Waals surface area contributed by atoms with Gasteiger partial charge in [0.2, 0.25) is 5.91 Å². The topological polar surface area (TPSA) is 97.1 Å². The van der Waals surface area contributed by atoms with Crippen molar-refractivity contribution in [3.63, 3.8) is 0 Å². The van der Waals surface area contributed by atoms with Gasteiger partial charge >= 0.3 is 0 Å². The van der Waals surface area contributed by atoms with E-state index in [4.69, 9.17) is 4.98 Å². The second kappa shape index (κ2) is 6.27. The number of benzene rings is 1. The third-order valence-corrected chi connectivity index (χ3v) is 4.41. The Morgan fingerprint density at radius 2 is 1.86 bits per heavy atom. The Labute approximate surface area is 159 Å². The van der Waals surface area contributed by atoms with Gasteiger partial charge in [0.25, 0.3) is 0 Å². The van der Waals surface area contributed by atoms with Gasteiger partial charge in [0.15, 0.2) is 0 Å². The third-order valence-electron chi connectivity index (χ3n) is 4.41. The Kier molecular flexibility index (Phi) is 3.61. The van der Waals surface area contributed by atoms with Crippen molar-refractivity contribution in [2.45, 2.75) is 6.92 Å². The molecule has 8 heteroatoms. The molecule has 5 rings (SSSR count). The molecule has 0 unspecified atom stereocenters. The molecule has 4 heterocycles. The van der Waals surface area contributed by atoms with Crippen LogP contribution in [-0.2, 0) is 4.79 Å². The Morgan fingerprint density at radius 1 is 1.00 bits per heavy atom. The van der Waals surface area contributed by atoms with Gasteiger partial charge in [-0.15, -0.1) is 0 Å². The lowest BCUT2D eigenvalue weighted by molar-refractivity contribution is -0.114. The van der Waals surface area contributed by atoms with Crippen molar-refractivity contribution >= 4 is 50.4 Å². The van der Waals surface area contributed by atoms with Gasteiger partial charge in [-0.1, -0.05) is 6.07 Å². The molecule has 0 spiro atoms. The summed E-state index contributed by atoms with van der Waals surface area (Å²) in [6.45, 7) is 1.48. The average Bonchev–Trinajstić information content (AvgIpc) is 3.07. The maximum atomic E-state index is 11.3. The summed E-state index contributed by atoms with van der Waals surface area (Å²) in [6.07, 6.45) is 8.74. The lowest BCUT2D eigenvalue weighted by atomic mass is 10.1. The molecule has 4 aromatic heterocycles. The van der Waals surface area contributed by atoms with Crippen LogP contribution >= 0.6 is 0 Å². The van der Waals surface area contributed by atoms with E-state index in [2.05, 4.69) is 25.7 Å². The number of hydrogen-bond acceptors (Lipinski definition) is 6. The van der Waals surface area contributed by atoms with Gasteiger partial charge in [-0.3, -0.25) is 14.8 Å². The molecule has 0 aliphatic rings. The highest BCUT2D eigenvalue weighted by Crippen LogP contribution is 2.32. The van der Waals surface area contributed by atoms with Crippen LogP contribution in [0, 0.1) is 0 Å². The molecule has 0 radical (unpaired) electrons. The molecule has 1 amide bonds. The van der Waals surface area contributed by atoms with E-state index < -0.39 is 0 Å². The van der Waals surface area contributed by atoms with Crippen LogP contribution in [0.15, 0.2) is 61.3 Å². The van der Waals surface area contributed by atoms with Crippen molar-refractivity contribution in [2.24, 2.45) is 0 Å². The first-order chi connectivity index (χ1) is 13.7. The summed E-state index contributed by atoms with van der Waals surface area (Å²) in [5.41, 5.74) is 3.86. The summed E-state index contributed by atoms with van der Waals surface area (Å²) >= 11 is 0. The summed E-state index contributed by atoms with van der Waals surface area (Å²) in [5, 5.41) is 12.6. The number of carbonyl (C=O) groups is 1. The van der Waals surface area contributed by atoms with Gasteiger partial charge in [-0.2, -0.15) is 5.10 Å². The van der Waals surface area contributed by atoms with Crippen LogP contribution in [-0.4, -0.2) is 30.5 Å². The number of rotatable bonds is 3. The van der Waals surface area contributed by atoms with Crippen molar-refractivity contribution in [2.75, 3.05) is 10.6 Å². The fourth-order valence-electron chi connectivity index (χ4n) is 3.25. The second-order valence-corrected chi connectivity index (χ2v) is 6.37. The number of aromatic nitrogens is 5. The summed E-state index contributed by atoms with van der Waals surface area (Å²) in [6, 6.07) is 9.39. The van der Waals surface area contributed by atoms with E-state index in [-0.39, 0.29) is 5.91 Å². The molecule has 0 saturated carbocycles. The minimum Gasteiger partial charge on any atom is -0.340 e. The lowest BCUT2D eigenvalue weighted by Crippen LogP contribution is -2.05. The molecule has 1 aromatic carbocycles. The number of nitrogens with zero attached hydrogens (tertiary/aromatic N) is 5. The highest BCUT2D eigenvalue weighted by atomic mass is 16.1. The summed E-state index contributed by atoms with van der Waals surface area (Å²) < 4.78 is 1.76. The van der Waals surface area contributed by atoms with Crippen molar-refractivity contribution in [1.82, 2.24) is 24.6 Å². The van der Waals surface area contributed by atoms with Crippen molar-refractivity contribution in [1.29, 1.82) is 0 Å². The van der Waals surface area contributed by atoms with E-state index in [1.165, 1.54) is 6.92 Å². The Hall–Kier alpha value is -4.07. The van der Waals surface area contributed by atoms with Crippen molar-refractivity contribution < 1.29 is 4.79 Å². The van der Waals surface area contributed by atoms with Gasteiger partial charge in [-0.05, 0) is 24.3 Å². The van der Waals surface area contributed by atoms with Crippen LogP contribution in [0.1, 0.15) is 6.92 Å². The first-order valence-electron chi connectivity index (χ1n) is 8.69. The van der Waals surface area contributed by atoms with E-state index in [1.54, 1.807) is 35.5 Å². The molecular weight excluding hydrogens is 354 g/mol. The molecule has 0 fully saturated rings. The van der Waals surface area contributed by atoms with Gasteiger partial charge in [0, 0.05) is 53.9 Å². The number of nitrogens with one attached hydrogen (secondary N) is 2. The monoisotopic (exact) mass is 369 g/mol. The minimum absolute atomic E-state index is 0.118. The number of fused-ring (bicyclic) bond motifs is 5. The molecule has 0 saturated heterocycles. The highest BCUT2D eigenvalue weighted by Gasteiger charge is 2.14. The number of carbonyl (C=O) groups excluding carboxylic acids is 1. The quantitative estimate of drug-likeness (QED) is 0.505. The first-order valence-corrected chi connectivity index (χ1v) is 8.69. The maximum absolute atomic E-state index is 11.3. The molecule has 28 heavy (non-hydrogen) atoms. The maximum Gasteiger partial charge on any atom is 0.221 e. The number of hydrogen-bond donors (Lipinski definition) is 2. The predicted molar refractivity (Wildman–Crippen MR) is 108 cm³/mol. The van der Waals surface area contributed by atoms with Gasteiger partial charge in [0.1, 0.15) is 22.4 Å². The Morgan fingerprint density at radius 3 is 2.75 bits per heavy atom. The van der Waals surface area contributed by atoms with Crippen LogP contribution in [0.25, 0.3) is 27.3 Å². The average molecular weight is 369 g/mol. The lowest BCUT2D eigenvalue weighted by Gasteiger charge is -2.11. The number of amides is 1. The van der Waals surface area contributed by atoms with E-state index in [0.29, 0.717) is 11.5 Å². The molecule has 5 aromatic rings. The molecule has 0 atom stereocenters. The van der Waals surface area contributed by atoms with Crippen LogP contribution in [0.5, 0.6) is 0 Å². The zero-order chi connectivity index (χ0) is 19.1. The van der Waals surface area contributed by atoms with E-state index >= 15 is 0 Å². The summed E-state index contributed by atoms with van der Waals surface area (Å²) in [4.78, 5) is 24.6. The van der Waals surface area contributed by atoms with E-state index in [9.17, 15) is 4.79 Å². The van der Waals surface area contributed by atoms with Crippen molar-refractivity contribution in [3.8, 4) is 0 Å². The molecule has 0 aliphatic heterocycles. The summed E-state index contributed by atoms with van der Waals surface area (Å²) in [5.74, 6) is 0.565.